The van der Waals surface area contributed by atoms with Crippen LogP contribution in [0.3, 0.4) is 0 Å². The van der Waals surface area contributed by atoms with Crippen LogP contribution in [0.2, 0.25) is 0 Å². The zero-order valence-corrected chi connectivity index (χ0v) is 15.3. The van der Waals surface area contributed by atoms with Crippen LogP contribution in [-0.2, 0) is 28.9 Å². The Morgan fingerprint density at radius 2 is 2.26 bits per heavy atom. The van der Waals surface area contributed by atoms with Crippen molar-refractivity contribution in [3.8, 4) is 5.75 Å². The van der Waals surface area contributed by atoms with Crippen LogP contribution < -0.4 is 9.03 Å². The van der Waals surface area contributed by atoms with Crippen LogP contribution in [0.1, 0.15) is 17.8 Å². The molecule has 1 amide bonds. The van der Waals surface area contributed by atoms with Gasteiger partial charge in [0.25, 0.3) is 5.91 Å². The summed E-state index contributed by atoms with van der Waals surface area (Å²) in [6.07, 6.45) is 5.15. The topological polar surface area (TPSA) is 102 Å². The summed E-state index contributed by atoms with van der Waals surface area (Å²) in [6, 6.07) is 2.85. The molecule has 2 atom stereocenters. The number of carbonyl (C=O) groups is 1. The third-order valence-corrected chi connectivity index (χ3v) is 5.98. The van der Waals surface area contributed by atoms with Crippen LogP contribution >= 0.6 is 0 Å². The number of benzene rings is 1. The molecule has 8 nitrogen and oxygen atoms in total. The van der Waals surface area contributed by atoms with E-state index < -0.39 is 22.9 Å². The Balaban J connectivity index is 1.43. The lowest BCUT2D eigenvalue weighted by molar-refractivity contribution is -0.117. The molecule has 2 aliphatic rings. The van der Waals surface area contributed by atoms with E-state index >= 15 is 0 Å². The zero-order valence-electron chi connectivity index (χ0n) is 14.5. The number of nitrogens with one attached hydrogen (secondary N) is 2. The first-order valence-corrected chi connectivity index (χ1v) is 9.81. The number of carbonyl (C=O) groups excluding carboxylic acids is 1. The minimum absolute atomic E-state index is 0.207. The summed E-state index contributed by atoms with van der Waals surface area (Å²) in [5.41, 5.74) is 0.476. The van der Waals surface area contributed by atoms with Gasteiger partial charge in [-0.1, -0.05) is 0 Å². The molecule has 1 aromatic heterocycles. The zero-order chi connectivity index (χ0) is 19.0. The highest BCUT2D eigenvalue weighted by atomic mass is 32.2. The predicted octanol–water partition coefficient (Wildman–Crippen LogP) is 0.834. The SMILES string of the molecule is O=C1CN(c2c(O)cc(CC3CCN(Cc4ncc[nH]4)C3)cc2F)S(=O)N1. The molecule has 0 bridgehead atoms. The van der Waals surface area contributed by atoms with E-state index in [9.17, 15) is 18.5 Å². The number of anilines is 1. The van der Waals surface area contributed by atoms with Gasteiger partial charge < -0.3 is 10.1 Å². The third-order valence-electron chi connectivity index (χ3n) is 4.86. The number of hydrogen-bond acceptors (Lipinski definition) is 5. The number of nitrogens with zero attached hydrogens (tertiary/aromatic N) is 3. The molecule has 0 spiro atoms. The van der Waals surface area contributed by atoms with Crippen molar-refractivity contribution < 1.29 is 18.5 Å². The smallest absolute Gasteiger partial charge is 0.253 e. The summed E-state index contributed by atoms with van der Waals surface area (Å²) in [6.45, 7) is 2.32. The molecule has 3 N–H and O–H groups in total. The fourth-order valence-electron chi connectivity index (χ4n) is 3.69. The van der Waals surface area contributed by atoms with Crippen LogP contribution in [0.25, 0.3) is 0 Å². The van der Waals surface area contributed by atoms with E-state index in [-0.39, 0.29) is 18.0 Å². The maximum absolute atomic E-state index is 14.6. The number of phenols is 1. The third kappa shape index (κ3) is 3.81. The van der Waals surface area contributed by atoms with Gasteiger partial charge in [-0.3, -0.25) is 18.7 Å². The maximum Gasteiger partial charge on any atom is 0.253 e. The molecule has 0 radical (unpaired) electrons. The van der Waals surface area contributed by atoms with E-state index in [0.717, 1.165) is 36.2 Å². The first-order valence-electron chi connectivity index (χ1n) is 8.70. The van der Waals surface area contributed by atoms with E-state index in [4.69, 9.17) is 0 Å². The maximum atomic E-state index is 14.6. The molecule has 4 rings (SSSR count). The number of aromatic hydroxyl groups is 1. The second kappa shape index (κ2) is 7.28. The van der Waals surface area contributed by atoms with E-state index in [1.54, 1.807) is 12.4 Å². The molecule has 1 aromatic carbocycles. The van der Waals surface area contributed by atoms with Crippen LogP contribution in [0.5, 0.6) is 5.75 Å². The Bertz CT molecular complexity index is 852. The molecule has 0 saturated carbocycles. The largest absolute Gasteiger partial charge is 0.506 e. The molecular formula is C17H20FN5O3S. The van der Waals surface area contributed by atoms with Crippen molar-refractivity contribution in [2.75, 3.05) is 23.9 Å². The highest BCUT2D eigenvalue weighted by Gasteiger charge is 2.32. The molecule has 2 fully saturated rings. The second-order valence-corrected chi connectivity index (χ2v) is 8.03. The van der Waals surface area contributed by atoms with Gasteiger partial charge in [0.2, 0.25) is 11.2 Å². The summed E-state index contributed by atoms with van der Waals surface area (Å²) in [4.78, 5) is 21.0. The van der Waals surface area contributed by atoms with E-state index in [0.29, 0.717) is 17.9 Å². The highest BCUT2D eigenvalue weighted by molar-refractivity contribution is 7.85. The van der Waals surface area contributed by atoms with Crippen LogP contribution in [0.15, 0.2) is 24.5 Å². The lowest BCUT2D eigenvalue weighted by atomic mass is 9.98. The van der Waals surface area contributed by atoms with E-state index in [2.05, 4.69) is 19.6 Å². The fraction of sp³-hybridized carbons (Fsp3) is 0.412. The Hall–Kier alpha value is -2.46. The minimum atomic E-state index is -1.88. The molecule has 3 heterocycles. The molecule has 2 aliphatic heterocycles. The Morgan fingerprint density at radius 1 is 1.41 bits per heavy atom. The average molecular weight is 393 g/mol. The number of rotatable bonds is 5. The summed E-state index contributed by atoms with van der Waals surface area (Å²) < 4.78 is 29.6. The number of phenolic OH excluding ortho intramolecular Hbond substituents is 1. The lowest BCUT2D eigenvalue weighted by Crippen LogP contribution is -2.24. The molecule has 27 heavy (non-hydrogen) atoms. The fourth-order valence-corrected chi connectivity index (χ4v) is 4.64. The van der Waals surface area contributed by atoms with Gasteiger partial charge in [-0.25, -0.2) is 13.6 Å². The lowest BCUT2D eigenvalue weighted by Gasteiger charge is -2.18. The molecule has 0 aliphatic carbocycles. The molecule has 144 valence electrons. The quantitative estimate of drug-likeness (QED) is 0.699. The van der Waals surface area contributed by atoms with Gasteiger partial charge in [0.15, 0.2) is 5.82 Å². The monoisotopic (exact) mass is 393 g/mol. The number of aromatic amines is 1. The van der Waals surface area contributed by atoms with Crippen LogP contribution in [0.4, 0.5) is 10.1 Å². The molecule has 2 unspecified atom stereocenters. The van der Waals surface area contributed by atoms with Gasteiger partial charge in [0.1, 0.15) is 23.8 Å². The number of likely N-dealkylation sites (tertiary alicyclic amines) is 1. The second-order valence-electron chi connectivity index (χ2n) is 6.89. The van der Waals surface area contributed by atoms with Crippen molar-refractivity contribution in [1.29, 1.82) is 0 Å². The first-order chi connectivity index (χ1) is 13.0. The minimum Gasteiger partial charge on any atom is -0.506 e. The van der Waals surface area contributed by atoms with Crippen molar-refractivity contribution >= 4 is 22.8 Å². The normalized spacial score (nSPS) is 23.1. The number of imidazole rings is 1. The van der Waals surface area contributed by atoms with Crippen LogP contribution in [-0.4, -0.2) is 49.7 Å². The standard InChI is InChI=1S/C17H20FN5O3S/c18-13-6-12(7-14(24)17(13)23-10-16(25)21-27(23)26)5-11-1-4-22(8-11)9-15-19-2-3-20-15/h2-3,6-7,11,24H,1,4-5,8-10H2,(H,19,20)(H,21,25). The van der Waals surface area contributed by atoms with Gasteiger partial charge in [0.05, 0.1) is 6.54 Å². The predicted molar refractivity (Wildman–Crippen MR) is 97.4 cm³/mol. The van der Waals surface area contributed by atoms with Crippen molar-refractivity contribution in [1.82, 2.24) is 19.6 Å². The van der Waals surface area contributed by atoms with Crippen molar-refractivity contribution in [3.05, 3.63) is 41.7 Å². The van der Waals surface area contributed by atoms with Crippen molar-refractivity contribution in [2.24, 2.45) is 5.92 Å². The molecular weight excluding hydrogens is 373 g/mol. The molecule has 2 aromatic rings. The van der Waals surface area contributed by atoms with Gasteiger partial charge in [-0.05, 0) is 43.0 Å². The summed E-state index contributed by atoms with van der Waals surface area (Å²) in [5, 5.41) is 10.3. The Kier molecular flexibility index (Phi) is 4.83. The van der Waals surface area contributed by atoms with Crippen molar-refractivity contribution in [2.45, 2.75) is 19.4 Å². The Labute approximate surface area is 158 Å². The first kappa shape index (κ1) is 17.9. The number of halogens is 1. The van der Waals surface area contributed by atoms with Gasteiger partial charge in [0, 0.05) is 18.9 Å². The van der Waals surface area contributed by atoms with Gasteiger partial charge >= 0.3 is 0 Å². The summed E-state index contributed by atoms with van der Waals surface area (Å²) in [7, 11) is 0. The molecule has 2 saturated heterocycles. The van der Waals surface area contributed by atoms with Gasteiger partial charge in [-0.2, -0.15) is 0 Å². The number of hydrogen-bond donors (Lipinski definition) is 3. The summed E-state index contributed by atoms with van der Waals surface area (Å²) in [5.74, 6) is -0.182. The molecule has 10 heteroatoms. The number of H-pyrrole nitrogens is 1. The summed E-state index contributed by atoms with van der Waals surface area (Å²) >= 11 is -1.88. The van der Waals surface area contributed by atoms with E-state index in [1.165, 1.54) is 12.1 Å². The van der Waals surface area contributed by atoms with E-state index in [1.807, 2.05) is 0 Å². The van der Waals surface area contributed by atoms with Crippen molar-refractivity contribution in [3.63, 3.8) is 0 Å². The number of amides is 1. The van der Waals surface area contributed by atoms with Gasteiger partial charge in [-0.15, -0.1) is 0 Å². The average Bonchev–Trinajstić information content (AvgIpc) is 3.31. The number of aromatic nitrogens is 2. The highest BCUT2D eigenvalue weighted by Crippen LogP contribution is 2.35. The Morgan fingerprint density at radius 3 is 2.93 bits per heavy atom. The van der Waals surface area contributed by atoms with Crippen LogP contribution in [0, 0.1) is 11.7 Å².